The van der Waals surface area contributed by atoms with Crippen molar-refractivity contribution >= 4 is 11.0 Å². The minimum Gasteiger partial charge on any atom is -0.508 e. The predicted molar refractivity (Wildman–Crippen MR) is 102 cm³/mol. The van der Waals surface area contributed by atoms with E-state index in [9.17, 15) is 40.5 Å². The summed E-state index contributed by atoms with van der Waals surface area (Å²) in [5, 5.41) is 68.5. The highest BCUT2D eigenvalue weighted by molar-refractivity contribution is 5.89. The van der Waals surface area contributed by atoms with E-state index in [1.54, 1.807) is 0 Å². The Hall–Kier alpha value is -3.35. The smallest absolute Gasteiger partial charge is 0.231 e. The number of phenolic OH excluding ortho intramolecular Hbond substituents is 3. The fraction of sp³-hybridized carbons (Fsp3) is 0.250. The molecule has 11 nitrogen and oxygen atoms in total. The average molecular weight is 434 g/mol. The number of benzene rings is 2. The Bertz CT molecular complexity index is 1170. The minimum absolute atomic E-state index is 0.00525. The van der Waals surface area contributed by atoms with Gasteiger partial charge in [0, 0.05) is 17.7 Å². The highest BCUT2D eigenvalue weighted by Crippen LogP contribution is 2.42. The first-order valence-electron chi connectivity index (χ1n) is 9.04. The number of rotatable bonds is 3. The summed E-state index contributed by atoms with van der Waals surface area (Å²) in [6, 6.07) is 7.91. The van der Waals surface area contributed by atoms with Gasteiger partial charge < -0.3 is 49.6 Å². The third-order valence-corrected chi connectivity index (χ3v) is 4.87. The summed E-state index contributed by atoms with van der Waals surface area (Å²) in [7, 11) is 0. The molecule has 2 unspecified atom stereocenters. The van der Waals surface area contributed by atoms with Crippen molar-refractivity contribution in [2.75, 3.05) is 0 Å². The topological polar surface area (TPSA) is 190 Å². The molecule has 1 saturated heterocycles. The third-order valence-electron chi connectivity index (χ3n) is 4.87. The van der Waals surface area contributed by atoms with Gasteiger partial charge in [0.05, 0.1) is 0 Å². The molecule has 3 aromatic rings. The number of hydrogen-bond acceptors (Lipinski definition) is 11. The van der Waals surface area contributed by atoms with Crippen LogP contribution in [-0.4, -0.2) is 66.6 Å². The minimum atomic E-state index is -1.89. The van der Waals surface area contributed by atoms with E-state index in [2.05, 4.69) is 0 Å². The molecule has 7 N–H and O–H groups in total. The van der Waals surface area contributed by atoms with E-state index in [4.69, 9.17) is 13.9 Å². The zero-order valence-electron chi connectivity index (χ0n) is 15.6. The van der Waals surface area contributed by atoms with Crippen molar-refractivity contribution in [2.24, 2.45) is 0 Å². The lowest BCUT2D eigenvalue weighted by Crippen LogP contribution is -2.59. The maximum Gasteiger partial charge on any atom is 0.231 e. The molecule has 5 atom stereocenters. The fourth-order valence-electron chi connectivity index (χ4n) is 3.18. The second-order valence-corrected chi connectivity index (χ2v) is 6.95. The molecule has 2 aromatic carbocycles. The Kier molecular flexibility index (Phi) is 5.21. The summed E-state index contributed by atoms with van der Waals surface area (Å²) >= 11 is 0. The molecule has 0 saturated carbocycles. The number of hydrogen-bond donors (Lipinski definition) is 7. The molecule has 0 radical (unpaired) electrons. The summed E-state index contributed by atoms with van der Waals surface area (Å²) in [4.78, 5) is 12.5. The fourth-order valence-corrected chi connectivity index (χ4v) is 3.18. The van der Waals surface area contributed by atoms with E-state index in [-0.39, 0.29) is 22.5 Å². The van der Waals surface area contributed by atoms with Crippen molar-refractivity contribution in [1.82, 2.24) is 0 Å². The first-order chi connectivity index (χ1) is 14.7. The predicted octanol–water partition coefficient (Wildman–Crippen LogP) is -0.287. The van der Waals surface area contributed by atoms with Crippen molar-refractivity contribution in [3.05, 3.63) is 46.6 Å². The van der Waals surface area contributed by atoms with Crippen molar-refractivity contribution < 1.29 is 49.6 Å². The lowest BCUT2D eigenvalue weighted by molar-refractivity contribution is -0.321. The van der Waals surface area contributed by atoms with Gasteiger partial charge in [-0.1, -0.05) is 0 Å². The van der Waals surface area contributed by atoms with E-state index < -0.39 is 53.6 Å². The van der Waals surface area contributed by atoms with Crippen LogP contribution in [0.5, 0.6) is 23.0 Å². The lowest BCUT2D eigenvalue weighted by Gasteiger charge is -2.37. The highest BCUT2D eigenvalue weighted by Gasteiger charge is 2.44. The Labute approximate surface area is 173 Å². The number of aromatic hydroxyl groups is 3. The van der Waals surface area contributed by atoms with Crippen molar-refractivity contribution in [2.45, 2.75) is 30.9 Å². The molecule has 1 aliphatic heterocycles. The van der Waals surface area contributed by atoms with Crippen LogP contribution >= 0.6 is 0 Å². The zero-order valence-corrected chi connectivity index (χ0v) is 15.6. The van der Waals surface area contributed by atoms with Crippen molar-refractivity contribution in [3.8, 4) is 34.3 Å². The number of aliphatic hydroxyl groups excluding tert-OH is 4. The number of ether oxygens (including phenoxy) is 2. The first kappa shape index (κ1) is 20.9. The maximum absolute atomic E-state index is 12.5. The largest absolute Gasteiger partial charge is 0.508 e. The number of phenols is 3. The van der Waals surface area contributed by atoms with Crippen LogP contribution in [0.3, 0.4) is 0 Å². The van der Waals surface area contributed by atoms with Gasteiger partial charge >= 0.3 is 0 Å². The van der Waals surface area contributed by atoms with Crippen molar-refractivity contribution in [1.29, 1.82) is 0 Å². The Balaban J connectivity index is 1.77. The Morgan fingerprint density at radius 1 is 0.839 bits per heavy atom. The van der Waals surface area contributed by atoms with E-state index in [1.807, 2.05) is 0 Å². The van der Waals surface area contributed by atoms with Gasteiger partial charge in [-0.25, -0.2) is 0 Å². The molecule has 164 valence electrons. The molecule has 1 aliphatic rings. The van der Waals surface area contributed by atoms with Crippen LogP contribution in [0.2, 0.25) is 0 Å². The normalized spacial score (nSPS) is 26.1. The van der Waals surface area contributed by atoms with Crippen LogP contribution in [-0.2, 0) is 4.74 Å². The molecule has 0 bridgehead atoms. The molecule has 4 rings (SSSR count). The molecule has 0 spiro atoms. The molecular formula is C20H18O11. The average Bonchev–Trinajstić information content (AvgIpc) is 2.74. The zero-order chi connectivity index (χ0) is 22.4. The van der Waals surface area contributed by atoms with Crippen LogP contribution in [0, 0.1) is 0 Å². The molecule has 1 fully saturated rings. The summed E-state index contributed by atoms with van der Waals surface area (Å²) in [5.74, 6) is -2.12. The monoisotopic (exact) mass is 434 g/mol. The van der Waals surface area contributed by atoms with Crippen molar-refractivity contribution in [3.63, 3.8) is 0 Å². The number of fused-ring (bicyclic) bond motifs is 1. The van der Waals surface area contributed by atoms with Gasteiger partial charge in [-0.2, -0.15) is 0 Å². The van der Waals surface area contributed by atoms with Gasteiger partial charge in [0.15, 0.2) is 23.2 Å². The van der Waals surface area contributed by atoms with Crippen LogP contribution in [0.15, 0.2) is 45.6 Å². The molecule has 2 heterocycles. The van der Waals surface area contributed by atoms with E-state index in [1.165, 1.54) is 24.3 Å². The van der Waals surface area contributed by atoms with Gasteiger partial charge in [0.2, 0.25) is 12.0 Å². The highest BCUT2D eigenvalue weighted by atomic mass is 16.7. The molecule has 31 heavy (non-hydrogen) atoms. The standard InChI is InChI=1S/C20H18O11/c21-8-3-1-7(2-4-8)10-5-9(22)13-11(29-10)6-12(14(23)15(13)24)30-20-18(27)16(25)17(26)19(28)31-20/h1-6,16-21,23-28H/t16?,17?,18-,19+,20+/m0/s1. The summed E-state index contributed by atoms with van der Waals surface area (Å²) < 4.78 is 15.8. The second kappa shape index (κ2) is 7.72. The van der Waals surface area contributed by atoms with Crippen LogP contribution in [0.1, 0.15) is 0 Å². The van der Waals surface area contributed by atoms with Gasteiger partial charge in [-0.15, -0.1) is 0 Å². The van der Waals surface area contributed by atoms with Crippen LogP contribution in [0.4, 0.5) is 0 Å². The molecule has 1 aromatic heterocycles. The third kappa shape index (κ3) is 3.65. The second-order valence-electron chi connectivity index (χ2n) is 6.95. The Morgan fingerprint density at radius 2 is 1.52 bits per heavy atom. The summed E-state index contributed by atoms with van der Waals surface area (Å²) in [5.41, 5.74) is -0.419. The van der Waals surface area contributed by atoms with Gasteiger partial charge in [-0.3, -0.25) is 4.79 Å². The SMILES string of the molecule is O=c1cc(-c2ccc(O)cc2)oc2cc(O[C@@H]3O[C@@H](O)C(O)C(O)[C@@H]3O)c(O)c(O)c12. The van der Waals surface area contributed by atoms with Gasteiger partial charge in [-0.05, 0) is 24.3 Å². The Morgan fingerprint density at radius 3 is 2.19 bits per heavy atom. The molecule has 0 amide bonds. The molecule has 0 aliphatic carbocycles. The van der Waals surface area contributed by atoms with E-state index in [0.29, 0.717) is 5.56 Å². The summed E-state index contributed by atoms with van der Waals surface area (Å²) in [6.45, 7) is 0. The van der Waals surface area contributed by atoms with Crippen LogP contribution < -0.4 is 10.2 Å². The van der Waals surface area contributed by atoms with E-state index in [0.717, 1.165) is 12.1 Å². The first-order valence-corrected chi connectivity index (χ1v) is 9.04. The maximum atomic E-state index is 12.5. The van der Waals surface area contributed by atoms with Crippen LogP contribution in [0.25, 0.3) is 22.3 Å². The molecule has 11 heteroatoms. The molecular weight excluding hydrogens is 416 g/mol. The van der Waals surface area contributed by atoms with E-state index >= 15 is 0 Å². The number of aliphatic hydroxyl groups is 4. The van der Waals surface area contributed by atoms with Gasteiger partial charge in [0.25, 0.3) is 0 Å². The summed E-state index contributed by atoms with van der Waals surface area (Å²) in [6.07, 6.45) is -9.05. The lowest BCUT2D eigenvalue weighted by atomic mass is 10.0. The quantitative estimate of drug-likeness (QED) is 0.268. The van der Waals surface area contributed by atoms with Gasteiger partial charge in [0.1, 0.15) is 40.8 Å².